The number of benzene rings is 2. The average molecular weight is 367 g/mol. The van der Waals surface area contributed by atoms with Gasteiger partial charge < -0.3 is 15.4 Å². The molecule has 0 bridgehead atoms. The summed E-state index contributed by atoms with van der Waals surface area (Å²) in [5.41, 5.74) is 1.69. The smallest absolute Gasteiger partial charge is 0.228 e. The van der Waals surface area contributed by atoms with Crippen molar-refractivity contribution in [2.75, 3.05) is 18.4 Å². The molecule has 24 heavy (non-hydrogen) atoms. The van der Waals surface area contributed by atoms with Crippen molar-refractivity contribution >= 4 is 35.6 Å². The van der Waals surface area contributed by atoms with Gasteiger partial charge in [-0.25, -0.2) is 0 Å². The first kappa shape index (κ1) is 18.6. The SMILES string of the molecule is Cl.O=C(Nc1ccccc1OCc1cccc(Cl)c1)C1CCNC1. The maximum atomic E-state index is 12.3. The second-order valence-corrected chi connectivity index (χ2v) is 6.03. The zero-order valence-corrected chi connectivity index (χ0v) is 14.7. The molecule has 0 aromatic heterocycles. The normalized spacial score (nSPS) is 16.3. The summed E-state index contributed by atoms with van der Waals surface area (Å²) in [5.74, 6) is 0.719. The largest absolute Gasteiger partial charge is 0.487 e. The fourth-order valence-corrected chi connectivity index (χ4v) is 2.81. The molecule has 6 heteroatoms. The van der Waals surface area contributed by atoms with Gasteiger partial charge in [-0.3, -0.25) is 4.79 Å². The topological polar surface area (TPSA) is 50.4 Å². The number of ether oxygens (including phenoxy) is 1. The minimum absolute atomic E-state index is 0. The monoisotopic (exact) mass is 366 g/mol. The highest BCUT2D eigenvalue weighted by atomic mass is 35.5. The summed E-state index contributed by atoms with van der Waals surface area (Å²) in [6.45, 7) is 2.03. The Labute approximate surface area is 153 Å². The van der Waals surface area contributed by atoms with Crippen molar-refractivity contribution in [3.05, 3.63) is 59.1 Å². The van der Waals surface area contributed by atoms with Crippen molar-refractivity contribution in [2.45, 2.75) is 13.0 Å². The van der Waals surface area contributed by atoms with Gasteiger partial charge in [0.05, 0.1) is 11.6 Å². The lowest BCUT2D eigenvalue weighted by Crippen LogP contribution is -2.24. The Morgan fingerprint density at radius 1 is 1.25 bits per heavy atom. The number of carbonyl (C=O) groups excluding carboxylic acids is 1. The Kier molecular flexibility index (Phi) is 6.91. The zero-order chi connectivity index (χ0) is 16.1. The van der Waals surface area contributed by atoms with Gasteiger partial charge in [0.1, 0.15) is 12.4 Å². The van der Waals surface area contributed by atoms with Crippen molar-refractivity contribution in [3.63, 3.8) is 0 Å². The Hall–Kier alpha value is -1.75. The van der Waals surface area contributed by atoms with E-state index in [0.29, 0.717) is 23.1 Å². The molecular weight excluding hydrogens is 347 g/mol. The van der Waals surface area contributed by atoms with Gasteiger partial charge in [0.15, 0.2) is 0 Å². The predicted molar refractivity (Wildman–Crippen MR) is 99.1 cm³/mol. The van der Waals surface area contributed by atoms with E-state index in [1.807, 2.05) is 48.5 Å². The summed E-state index contributed by atoms with van der Waals surface area (Å²) in [4.78, 5) is 12.3. The van der Waals surface area contributed by atoms with Crippen LogP contribution in [0.5, 0.6) is 5.75 Å². The van der Waals surface area contributed by atoms with Crippen LogP contribution in [0.4, 0.5) is 5.69 Å². The number of rotatable bonds is 5. The van der Waals surface area contributed by atoms with Crippen molar-refractivity contribution in [1.82, 2.24) is 5.32 Å². The summed E-state index contributed by atoms with van der Waals surface area (Å²) in [7, 11) is 0. The van der Waals surface area contributed by atoms with E-state index in [2.05, 4.69) is 10.6 Å². The molecule has 1 heterocycles. The molecule has 1 aliphatic rings. The maximum absolute atomic E-state index is 12.3. The summed E-state index contributed by atoms with van der Waals surface area (Å²) in [6, 6.07) is 15.0. The highest BCUT2D eigenvalue weighted by Crippen LogP contribution is 2.26. The van der Waals surface area contributed by atoms with E-state index in [9.17, 15) is 4.79 Å². The van der Waals surface area contributed by atoms with E-state index in [1.165, 1.54) is 0 Å². The number of amides is 1. The summed E-state index contributed by atoms with van der Waals surface area (Å²) in [6.07, 6.45) is 0.872. The average Bonchev–Trinajstić information content (AvgIpc) is 3.09. The fraction of sp³-hybridized carbons (Fsp3) is 0.278. The van der Waals surface area contributed by atoms with E-state index in [-0.39, 0.29) is 24.2 Å². The molecule has 1 aliphatic heterocycles. The first-order valence-corrected chi connectivity index (χ1v) is 8.08. The van der Waals surface area contributed by atoms with Crippen LogP contribution in [0.25, 0.3) is 0 Å². The van der Waals surface area contributed by atoms with Crippen LogP contribution in [0, 0.1) is 5.92 Å². The second kappa shape index (κ2) is 8.92. The molecule has 4 nitrogen and oxygen atoms in total. The van der Waals surface area contributed by atoms with Crippen LogP contribution in [0.1, 0.15) is 12.0 Å². The maximum Gasteiger partial charge on any atom is 0.228 e. The second-order valence-electron chi connectivity index (χ2n) is 5.59. The lowest BCUT2D eigenvalue weighted by Gasteiger charge is -2.14. The van der Waals surface area contributed by atoms with Crippen LogP contribution < -0.4 is 15.4 Å². The van der Waals surface area contributed by atoms with Gasteiger partial charge in [-0.15, -0.1) is 12.4 Å². The molecule has 1 saturated heterocycles. The molecule has 3 rings (SSSR count). The molecule has 1 amide bonds. The predicted octanol–water partition coefficient (Wildman–Crippen LogP) is 3.89. The quantitative estimate of drug-likeness (QED) is 0.843. The van der Waals surface area contributed by atoms with Gasteiger partial charge in [0.2, 0.25) is 5.91 Å². The van der Waals surface area contributed by atoms with E-state index in [1.54, 1.807) is 0 Å². The molecule has 0 radical (unpaired) electrons. The van der Waals surface area contributed by atoms with Crippen LogP contribution in [0.15, 0.2) is 48.5 Å². The van der Waals surface area contributed by atoms with E-state index in [4.69, 9.17) is 16.3 Å². The minimum atomic E-state index is 0. The molecule has 1 atom stereocenters. The lowest BCUT2D eigenvalue weighted by molar-refractivity contribution is -0.119. The molecule has 2 N–H and O–H groups in total. The Morgan fingerprint density at radius 3 is 2.83 bits per heavy atom. The minimum Gasteiger partial charge on any atom is -0.487 e. The van der Waals surface area contributed by atoms with E-state index >= 15 is 0 Å². The van der Waals surface area contributed by atoms with Crippen molar-refractivity contribution in [3.8, 4) is 5.75 Å². The summed E-state index contributed by atoms with van der Waals surface area (Å²) < 4.78 is 5.85. The molecule has 0 saturated carbocycles. The third-order valence-electron chi connectivity index (χ3n) is 3.86. The summed E-state index contributed by atoms with van der Waals surface area (Å²) >= 11 is 5.98. The van der Waals surface area contributed by atoms with Crippen LogP contribution >= 0.6 is 24.0 Å². The molecular formula is C18H20Cl2N2O2. The van der Waals surface area contributed by atoms with Gasteiger partial charge in [0.25, 0.3) is 0 Å². The number of hydrogen-bond acceptors (Lipinski definition) is 3. The molecule has 0 aliphatic carbocycles. The number of nitrogens with one attached hydrogen (secondary N) is 2. The first-order valence-electron chi connectivity index (χ1n) is 7.70. The van der Waals surface area contributed by atoms with Crippen molar-refractivity contribution < 1.29 is 9.53 Å². The van der Waals surface area contributed by atoms with Crippen molar-refractivity contribution in [2.24, 2.45) is 5.92 Å². The summed E-state index contributed by atoms with van der Waals surface area (Å²) in [5, 5.41) is 6.85. The fourth-order valence-electron chi connectivity index (χ4n) is 2.60. The molecule has 0 spiro atoms. The van der Waals surface area contributed by atoms with Gasteiger partial charge in [-0.05, 0) is 42.8 Å². The number of halogens is 2. The lowest BCUT2D eigenvalue weighted by atomic mass is 10.1. The number of anilines is 1. The van der Waals surface area contributed by atoms with Gasteiger partial charge in [-0.2, -0.15) is 0 Å². The third kappa shape index (κ3) is 4.87. The highest BCUT2D eigenvalue weighted by Gasteiger charge is 2.23. The van der Waals surface area contributed by atoms with Gasteiger partial charge >= 0.3 is 0 Å². The first-order chi connectivity index (χ1) is 11.2. The Balaban J connectivity index is 0.00000208. The molecule has 1 unspecified atom stereocenters. The Morgan fingerprint density at radius 2 is 2.08 bits per heavy atom. The van der Waals surface area contributed by atoms with E-state index in [0.717, 1.165) is 25.1 Å². The molecule has 2 aromatic rings. The zero-order valence-electron chi connectivity index (χ0n) is 13.1. The number of carbonyl (C=O) groups is 1. The third-order valence-corrected chi connectivity index (χ3v) is 4.09. The van der Waals surface area contributed by atoms with Gasteiger partial charge in [0, 0.05) is 11.6 Å². The van der Waals surface area contributed by atoms with Crippen molar-refractivity contribution in [1.29, 1.82) is 0 Å². The standard InChI is InChI=1S/C18H19ClN2O2.ClH/c19-15-5-3-4-13(10-15)12-23-17-7-2-1-6-16(17)21-18(22)14-8-9-20-11-14;/h1-7,10,14,20H,8-9,11-12H2,(H,21,22);1H. The van der Waals surface area contributed by atoms with Crippen LogP contribution in [-0.2, 0) is 11.4 Å². The molecule has 1 fully saturated rings. The van der Waals surface area contributed by atoms with Crippen LogP contribution in [0.3, 0.4) is 0 Å². The highest BCUT2D eigenvalue weighted by molar-refractivity contribution is 6.30. The molecule has 128 valence electrons. The Bertz CT molecular complexity index is 688. The van der Waals surface area contributed by atoms with Crippen LogP contribution in [-0.4, -0.2) is 19.0 Å². The van der Waals surface area contributed by atoms with Gasteiger partial charge in [-0.1, -0.05) is 35.9 Å². The number of para-hydroxylation sites is 2. The van der Waals surface area contributed by atoms with E-state index < -0.39 is 0 Å². The number of hydrogen-bond donors (Lipinski definition) is 2. The molecule has 2 aromatic carbocycles. The van der Waals surface area contributed by atoms with Crippen LogP contribution in [0.2, 0.25) is 5.02 Å².